The summed E-state index contributed by atoms with van der Waals surface area (Å²) in [6.07, 6.45) is 7.46. The van der Waals surface area contributed by atoms with Gasteiger partial charge in [0, 0.05) is 24.4 Å². The van der Waals surface area contributed by atoms with E-state index in [0.29, 0.717) is 24.4 Å². The lowest BCUT2D eigenvalue weighted by molar-refractivity contribution is -0.144. The van der Waals surface area contributed by atoms with Crippen LogP contribution in [0.25, 0.3) is 0 Å². The van der Waals surface area contributed by atoms with Gasteiger partial charge in [0.25, 0.3) is 0 Å². The van der Waals surface area contributed by atoms with Crippen LogP contribution >= 0.6 is 11.6 Å². The molecule has 0 spiro atoms. The number of carbonyl (C=O) groups is 3. The van der Waals surface area contributed by atoms with Crippen molar-refractivity contribution in [2.45, 2.75) is 45.1 Å². The predicted octanol–water partition coefficient (Wildman–Crippen LogP) is 3.14. The average Bonchev–Trinajstić information content (AvgIpc) is 2.68. The molecule has 1 aromatic rings. The highest BCUT2D eigenvalue weighted by Crippen LogP contribution is 2.13. The molecule has 2 rings (SSSR count). The molecule has 0 saturated heterocycles. The quantitative estimate of drug-likeness (QED) is 0.594. The zero-order valence-corrected chi connectivity index (χ0v) is 16.7. The van der Waals surface area contributed by atoms with Crippen LogP contribution in [0, 0.1) is 5.92 Å². The van der Waals surface area contributed by atoms with Gasteiger partial charge in [-0.15, -0.1) is 0 Å². The molecule has 6 nitrogen and oxygen atoms in total. The van der Waals surface area contributed by atoms with Crippen LogP contribution < -0.4 is 10.6 Å². The summed E-state index contributed by atoms with van der Waals surface area (Å²) in [5.41, 5.74) is 0.940. The van der Waals surface area contributed by atoms with E-state index < -0.39 is 5.92 Å². The molecule has 0 aliphatic carbocycles. The molecule has 1 aromatic carbocycles. The summed E-state index contributed by atoms with van der Waals surface area (Å²) in [5.74, 6) is -1.09. The molecule has 0 radical (unpaired) electrons. The second-order valence-electron chi connectivity index (χ2n) is 6.77. The van der Waals surface area contributed by atoms with Crippen LogP contribution in [0.15, 0.2) is 36.4 Å². The Bertz CT molecular complexity index is 688. The number of rotatable bonds is 4. The molecule has 0 unspecified atom stereocenters. The number of allylic oxidation sites excluding steroid dienone is 2. The van der Waals surface area contributed by atoms with Crippen LogP contribution in [0.2, 0.25) is 5.02 Å². The highest BCUT2D eigenvalue weighted by atomic mass is 35.5. The maximum absolute atomic E-state index is 12.4. The minimum atomic E-state index is -0.458. The number of carbonyl (C=O) groups excluding carboxylic acids is 3. The Morgan fingerprint density at radius 2 is 1.96 bits per heavy atom. The van der Waals surface area contributed by atoms with E-state index in [1.807, 2.05) is 24.3 Å². The fraction of sp³-hybridized carbons (Fsp3) is 0.476. The molecule has 0 aromatic heterocycles. The highest BCUT2D eigenvalue weighted by molar-refractivity contribution is 6.30. The molecule has 1 heterocycles. The van der Waals surface area contributed by atoms with E-state index in [0.717, 1.165) is 24.8 Å². The van der Waals surface area contributed by atoms with Crippen molar-refractivity contribution < 1.29 is 19.1 Å². The molecule has 1 aliphatic rings. The Labute approximate surface area is 170 Å². The Hall–Kier alpha value is -2.34. The monoisotopic (exact) mass is 406 g/mol. The predicted molar refractivity (Wildman–Crippen MR) is 108 cm³/mol. The van der Waals surface area contributed by atoms with Crippen LogP contribution in [-0.2, 0) is 25.7 Å². The van der Waals surface area contributed by atoms with E-state index in [9.17, 15) is 14.4 Å². The topological polar surface area (TPSA) is 84.5 Å². The SMILES string of the molecule is O=C(C[C@H]1C/C=C/CCCCC(=O)OCCNC1=O)NCc1ccc(Cl)cc1. The van der Waals surface area contributed by atoms with Gasteiger partial charge in [-0.05, 0) is 43.4 Å². The van der Waals surface area contributed by atoms with Gasteiger partial charge in [-0.25, -0.2) is 0 Å². The van der Waals surface area contributed by atoms with Gasteiger partial charge >= 0.3 is 5.97 Å². The van der Waals surface area contributed by atoms with Gasteiger partial charge in [0.05, 0.1) is 12.5 Å². The number of esters is 1. The van der Waals surface area contributed by atoms with Crippen molar-refractivity contribution in [3.63, 3.8) is 0 Å². The zero-order valence-electron chi connectivity index (χ0n) is 15.9. The first-order valence-corrected chi connectivity index (χ1v) is 10.0. The van der Waals surface area contributed by atoms with E-state index in [1.165, 1.54) is 0 Å². The summed E-state index contributed by atoms with van der Waals surface area (Å²) in [6.45, 7) is 0.781. The molecule has 152 valence electrons. The standard InChI is InChI=1S/C21H27ClN2O4/c22-18-10-8-16(9-11-18)15-24-19(25)14-17-6-4-2-1-3-5-7-20(26)28-13-12-23-21(17)27/h2,4,8-11,17H,1,3,5-7,12-15H2,(H,23,27)(H,24,25)/b4-2+/t17-/m1/s1. The third kappa shape index (κ3) is 8.57. The van der Waals surface area contributed by atoms with Gasteiger partial charge < -0.3 is 15.4 Å². The maximum Gasteiger partial charge on any atom is 0.305 e. The number of halogens is 1. The molecule has 1 atom stereocenters. The van der Waals surface area contributed by atoms with Crippen molar-refractivity contribution in [2.75, 3.05) is 13.2 Å². The van der Waals surface area contributed by atoms with Crippen LogP contribution in [0.5, 0.6) is 0 Å². The van der Waals surface area contributed by atoms with Crippen molar-refractivity contribution >= 4 is 29.4 Å². The number of cyclic esters (lactones) is 1. The lowest BCUT2D eigenvalue weighted by atomic mass is 9.99. The summed E-state index contributed by atoms with van der Waals surface area (Å²) < 4.78 is 5.09. The summed E-state index contributed by atoms with van der Waals surface area (Å²) in [4.78, 5) is 36.3. The smallest absolute Gasteiger partial charge is 0.305 e. The van der Waals surface area contributed by atoms with Crippen molar-refractivity contribution in [3.05, 3.63) is 47.0 Å². The third-order valence-electron chi connectivity index (χ3n) is 4.46. The van der Waals surface area contributed by atoms with E-state index in [2.05, 4.69) is 10.6 Å². The van der Waals surface area contributed by atoms with Crippen LogP contribution in [0.3, 0.4) is 0 Å². The van der Waals surface area contributed by atoms with Crippen molar-refractivity contribution in [3.8, 4) is 0 Å². The van der Waals surface area contributed by atoms with Gasteiger partial charge in [-0.1, -0.05) is 35.9 Å². The first-order chi connectivity index (χ1) is 13.5. The van der Waals surface area contributed by atoms with Gasteiger partial charge in [0.1, 0.15) is 6.61 Å². The summed E-state index contributed by atoms with van der Waals surface area (Å²) in [5, 5.41) is 6.23. The Balaban J connectivity index is 1.88. The number of nitrogens with one attached hydrogen (secondary N) is 2. The van der Waals surface area contributed by atoms with Crippen LogP contribution in [0.4, 0.5) is 0 Å². The molecular formula is C21H27ClN2O4. The molecule has 2 N–H and O–H groups in total. The first kappa shape index (κ1) is 22.0. The normalized spacial score (nSPS) is 20.4. The van der Waals surface area contributed by atoms with Gasteiger partial charge in [0.15, 0.2) is 0 Å². The Morgan fingerprint density at radius 1 is 1.18 bits per heavy atom. The lowest BCUT2D eigenvalue weighted by Crippen LogP contribution is -2.36. The maximum atomic E-state index is 12.4. The minimum absolute atomic E-state index is 0.101. The van der Waals surface area contributed by atoms with E-state index in [4.69, 9.17) is 16.3 Å². The largest absolute Gasteiger partial charge is 0.464 e. The number of benzene rings is 1. The molecular weight excluding hydrogens is 380 g/mol. The lowest BCUT2D eigenvalue weighted by Gasteiger charge is -2.16. The molecule has 0 saturated carbocycles. The summed E-state index contributed by atoms with van der Waals surface area (Å²) >= 11 is 5.86. The van der Waals surface area contributed by atoms with E-state index >= 15 is 0 Å². The molecule has 7 heteroatoms. The van der Waals surface area contributed by atoms with E-state index in [-0.39, 0.29) is 37.4 Å². The fourth-order valence-corrected chi connectivity index (χ4v) is 2.97. The minimum Gasteiger partial charge on any atom is -0.464 e. The molecule has 0 bridgehead atoms. The van der Waals surface area contributed by atoms with Crippen molar-refractivity contribution in [1.29, 1.82) is 0 Å². The second-order valence-corrected chi connectivity index (χ2v) is 7.21. The van der Waals surface area contributed by atoms with Gasteiger partial charge in [-0.3, -0.25) is 14.4 Å². The zero-order chi connectivity index (χ0) is 20.2. The van der Waals surface area contributed by atoms with Crippen molar-refractivity contribution in [2.24, 2.45) is 5.92 Å². The van der Waals surface area contributed by atoms with Gasteiger partial charge in [0.2, 0.25) is 11.8 Å². The highest BCUT2D eigenvalue weighted by Gasteiger charge is 2.20. The van der Waals surface area contributed by atoms with Crippen molar-refractivity contribution in [1.82, 2.24) is 10.6 Å². The second kappa shape index (κ2) is 12.2. The van der Waals surface area contributed by atoms with Crippen LogP contribution in [-0.4, -0.2) is 30.9 Å². The third-order valence-corrected chi connectivity index (χ3v) is 4.71. The molecule has 28 heavy (non-hydrogen) atoms. The van der Waals surface area contributed by atoms with Gasteiger partial charge in [-0.2, -0.15) is 0 Å². The molecule has 1 aliphatic heterocycles. The molecule has 0 fully saturated rings. The number of hydrogen-bond donors (Lipinski definition) is 2. The number of ether oxygens (including phenoxy) is 1. The fourth-order valence-electron chi connectivity index (χ4n) is 2.85. The molecule has 2 amide bonds. The first-order valence-electron chi connectivity index (χ1n) is 9.64. The van der Waals surface area contributed by atoms with Crippen LogP contribution in [0.1, 0.15) is 44.1 Å². The van der Waals surface area contributed by atoms with E-state index in [1.54, 1.807) is 12.1 Å². The number of amides is 2. The summed E-state index contributed by atoms with van der Waals surface area (Å²) in [6, 6.07) is 7.24. The summed E-state index contributed by atoms with van der Waals surface area (Å²) in [7, 11) is 0. The average molecular weight is 407 g/mol. The Kier molecular flexibility index (Phi) is 9.55. The Morgan fingerprint density at radius 3 is 2.75 bits per heavy atom. The number of hydrogen-bond acceptors (Lipinski definition) is 4.